The Balaban J connectivity index is 2.05. The summed E-state index contributed by atoms with van der Waals surface area (Å²) in [5.74, 6) is -0.374. The van der Waals surface area contributed by atoms with Crippen molar-refractivity contribution in [3.05, 3.63) is 58.7 Å². The average molecular weight is 532 g/mol. The van der Waals surface area contributed by atoms with E-state index < -0.39 is 11.2 Å². The number of piperidine rings is 1. The van der Waals surface area contributed by atoms with Crippen molar-refractivity contribution in [3.8, 4) is 12.1 Å². The van der Waals surface area contributed by atoms with E-state index in [4.69, 9.17) is 10.7 Å². The van der Waals surface area contributed by atoms with E-state index in [9.17, 15) is 20.1 Å². The van der Waals surface area contributed by atoms with E-state index in [1.807, 2.05) is 13.8 Å². The van der Waals surface area contributed by atoms with Gasteiger partial charge in [-0.1, -0.05) is 31.3 Å². The van der Waals surface area contributed by atoms with Crippen LogP contribution in [0.4, 0.5) is 11.5 Å². The lowest BCUT2D eigenvalue weighted by molar-refractivity contribution is -0.117. The number of amides is 2. The summed E-state index contributed by atoms with van der Waals surface area (Å²) in [7, 11) is 4.13. The molecule has 3 N–H and O–H groups in total. The minimum atomic E-state index is -0.830. The molecule has 1 aliphatic heterocycles. The highest BCUT2D eigenvalue weighted by atomic mass is 32.2. The number of hydrogen-bond donors (Lipinski definition) is 2. The lowest BCUT2D eigenvalue weighted by atomic mass is 9.99. The molecule has 38 heavy (non-hydrogen) atoms. The number of aromatic nitrogens is 1. The van der Waals surface area contributed by atoms with Crippen molar-refractivity contribution >= 4 is 35.1 Å². The van der Waals surface area contributed by atoms with Crippen molar-refractivity contribution < 1.29 is 9.59 Å². The van der Waals surface area contributed by atoms with Gasteiger partial charge in [0, 0.05) is 24.8 Å². The highest BCUT2D eigenvalue weighted by molar-refractivity contribution is 8.00. The summed E-state index contributed by atoms with van der Waals surface area (Å²) in [5.41, 5.74) is 9.14. The smallest absolute Gasteiger partial charge is 0.247 e. The first-order valence-electron chi connectivity index (χ1n) is 12.4. The first-order chi connectivity index (χ1) is 18.1. The van der Waals surface area contributed by atoms with Crippen LogP contribution in [-0.4, -0.2) is 54.9 Å². The molecule has 2 aromatic rings. The molecule has 9 nitrogen and oxygen atoms in total. The number of benzene rings is 1. The van der Waals surface area contributed by atoms with Gasteiger partial charge >= 0.3 is 0 Å². The van der Waals surface area contributed by atoms with Gasteiger partial charge in [-0.3, -0.25) is 9.59 Å². The molecule has 1 fully saturated rings. The first kappa shape index (κ1) is 28.7. The molecule has 2 heterocycles. The lowest BCUT2D eigenvalue weighted by Crippen LogP contribution is -2.42. The fourth-order valence-corrected chi connectivity index (χ4v) is 5.88. The van der Waals surface area contributed by atoms with Crippen LogP contribution >= 0.6 is 11.8 Å². The van der Waals surface area contributed by atoms with Crippen LogP contribution in [0, 0.1) is 29.6 Å². The molecule has 1 aliphatic rings. The van der Waals surface area contributed by atoms with Gasteiger partial charge in [-0.15, -0.1) is 0 Å². The van der Waals surface area contributed by atoms with Crippen LogP contribution in [-0.2, 0) is 16.0 Å². The lowest BCUT2D eigenvalue weighted by Gasteiger charge is -2.36. The molecule has 3 rings (SSSR count). The minimum Gasteiger partial charge on any atom is -0.368 e. The number of rotatable bonds is 9. The average Bonchev–Trinajstić information content (AvgIpc) is 2.90. The number of nitriles is 2. The Morgan fingerprint density at radius 2 is 1.95 bits per heavy atom. The molecule has 198 valence electrons. The molecule has 0 radical (unpaired) electrons. The number of nitrogens with zero attached hydrogens (tertiary/aromatic N) is 5. The number of hydrogen-bond acceptors (Lipinski definition) is 8. The van der Waals surface area contributed by atoms with Crippen LogP contribution in [0.1, 0.15) is 52.8 Å². The highest BCUT2D eigenvalue weighted by Gasteiger charge is 2.30. The van der Waals surface area contributed by atoms with E-state index in [-0.39, 0.29) is 5.91 Å². The Labute approximate surface area is 228 Å². The third-order valence-corrected chi connectivity index (χ3v) is 8.05. The summed E-state index contributed by atoms with van der Waals surface area (Å²) in [6, 6.07) is 10.1. The molecule has 1 aromatic carbocycles. The minimum absolute atomic E-state index is 0.291. The number of pyridine rings is 1. The normalized spacial score (nSPS) is 14.4. The second kappa shape index (κ2) is 12.6. The van der Waals surface area contributed by atoms with Gasteiger partial charge in [-0.25, -0.2) is 4.98 Å². The summed E-state index contributed by atoms with van der Waals surface area (Å²) >= 11 is 1.12. The summed E-state index contributed by atoms with van der Waals surface area (Å²) in [4.78, 5) is 33.5. The van der Waals surface area contributed by atoms with Crippen LogP contribution in [0.15, 0.2) is 35.9 Å². The van der Waals surface area contributed by atoms with Crippen molar-refractivity contribution in [1.82, 2.24) is 9.88 Å². The molecular formula is C28H33N7O2S. The van der Waals surface area contributed by atoms with E-state index in [1.165, 1.54) is 6.08 Å². The third kappa shape index (κ3) is 6.16. The topological polar surface area (TPSA) is 139 Å². The second-order valence-electron chi connectivity index (χ2n) is 9.39. The Hall–Kier alpha value is -3.86. The molecule has 1 unspecified atom stereocenters. The highest BCUT2D eigenvalue weighted by Crippen LogP contribution is 2.41. The van der Waals surface area contributed by atoms with E-state index in [2.05, 4.69) is 47.9 Å². The van der Waals surface area contributed by atoms with Crippen molar-refractivity contribution in [3.63, 3.8) is 0 Å². The monoisotopic (exact) mass is 531 g/mol. The van der Waals surface area contributed by atoms with E-state index in [0.717, 1.165) is 43.3 Å². The van der Waals surface area contributed by atoms with Crippen LogP contribution in [0.3, 0.4) is 0 Å². The molecule has 0 saturated carbocycles. The maximum atomic E-state index is 12.7. The predicted molar refractivity (Wildman–Crippen MR) is 150 cm³/mol. The summed E-state index contributed by atoms with van der Waals surface area (Å²) in [5, 5.41) is 22.4. The van der Waals surface area contributed by atoms with Gasteiger partial charge in [0.05, 0.1) is 11.1 Å². The Morgan fingerprint density at radius 3 is 2.45 bits per heavy atom. The van der Waals surface area contributed by atoms with E-state index in [1.54, 1.807) is 18.2 Å². The zero-order chi connectivity index (χ0) is 28.0. The quantitative estimate of drug-likeness (QED) is 0.369. The van der Waals surface area contributed by atoms with Crippen molar-refractivity contribution in [2.75, 3.05) is 37.4 Å². The van der Waals surface area contributed by atoms with Gasteiger partial charge in [-0.05, 0) is 75.2 Å². The van der Waals surface area contributed by atoms with Crippen molar-refractivity contribution in [2.24, 2.45) is 5.73 Å². The van der Waals surface area contributed by atoms with Gasteiger partial charge in [-0.2, -0.15) is 10.5 Å². The van der Waals surface area contributed by atoms with Crippen LogP contribution in [0.5, 0.6) is 0 Å². The Kier molecular flexibility index (Phi) is 9.51. The van der Waals surface area contributed by atoms with Gasteiger partial charge in [0.25, 0.3) is 0 Å². The van der Waals surface area contributed by atoms with Gasteiger partial charge in [0.2, 0.25) is 11.8 Å². The number of nitrogens with one attached hydrogen (secondary N) is 1. The molecule has 2 amide bonds. The zero-order valence-corrected chi connectivity index (χ0v) is 23.1. The summed E-state index contributed by atoms with van der Waals surface area (Å²) in [6.07, 6.45) is 3.51. The number of carbonyl (C=O) groups is 2. The van der Waals surface area contributed by atoms with E-state index in [0.29, 0.717) is 51.2 Å². The number of thioether (sulfide) groups is 1. The van der Waals surface area contributed by atoms with E-state index >= 15 is 0 Å². The molecule has 1 saturated heterocycles. The van der Waals surface area contributed by atoms with Gasteiger partial charge in [0.15, 0.2) is 0 Å². The second-order valence-corrected chi connectivity index (χ2v) is 10.5. The fourth-order valence-electron chi connectivity index (χ4n) is 4.72. The maximum Gasteiger partial charge on any atom is 0.247 e. The molecule has 1 aromatic heterocycles. The number of nitrogens with two attached hydrogens (primary N) is 1. The first-order valence-corrected chi connectivity index (χ1v) is 13.3. The van der Waals surface area contributed by atoms with Crippen molar-refractivity contribution in [2.45, 2.75) is 49.4 Å². The Morgan fingerprint density at radius 1 is 1.29 bits per heavy atom. The Bertz CT molecular complexity index is 1320. The zero-order valence-electron chi connectivity index (χ0n) is 22.2. The maximum absolute atomic E-state index is 12.7. The summed E-state index contributed by atoms with van der Waals surface area (Å²) < 4.78 is 0. The summed E-state index contributed by atoms with van der Waals surface area (Å²) in [6.45, 7) is 8.65. The number of aryl methyl sites for hydroxylation is 1. The predicted octanol–water partition coefficient (Wildman–Crippen LogP) is 3.67. The van der Waals surface area contributed by atoms with Crippen LogP contribution < -0.4 is 16.0 Å². The van der Waals surface area contributed by atoms with Crippen molar-refractivity contribution in [1.29, 1.82) is 10.5 Å². The largest absolute Gasteiger partial charge is 0.368 e. The SMILES string of the molecule is C=CC(=O)Nc1ccc(C(Sc2nc(N3CCC(N(C)C)CC3)c(C#N)c(CC)c2C#N)C(N)=O)c(C)c1. The third-order valence-electron chi connectivity index (χ3n) is 6.81. The fraction of sp³-hybridized carbons (Fsp3) is 0.393. The van der Waals surface area contributed by atoms with Crippen LogP contribution in [0.25, 0.3) is 0 Å². The van der Waals surface area contributed by atoms with Crippen LogP contribution in [0.2, 0.25) is 0 Å². The number of primary amides is 1. The standard InChI is InChI=1S/C28H33N7O2S/c1-6-20-22(15-29)27(35-12-10-19(11-13-35)34(4)5)33-28(23(20)16-30)38-25(26(31)37)21-9-8-18(14-17(21)3)32-24(36)7-2/h7-9,14,19,25H,2,6,10-13H2,1,3-5H3,(H2,31,37)(H,32,36). The molecule has 10 heteroatoms. The molecule has 0 spiro atoms. The molecule has 0 aliphatic carbocycles. The number of carbonyl (C=O) groups excluding carboxylic acids is 2. The van der Waals surface area contributed by atoms with Gasteiger partial charge in [0.1, 0.15) is 28.2 Å². The molecular weight excluding hydrogens is 498 g/mol. The van der Waals surface area contributed by atoms with Gasteiger partial charge < -0.3 is 20.9 Å². The molecule has 1 atom stereocenters. The number of anilines is 2. The molecule has 0 bridgehead atoms.